The fourth-order valence-corrected chi connectivity index (χ4v) is 1.26. The summed E-state index contributed by atoms with van der Waals surface area (Å²) in [5.41, 5.74) is 5.37. The van der Waals surface area contributed by atoms with E-state index < -0.39 is 0 Å². The zero-order valence-corrected chi connectivity index (χ0v) is 8.36. The molecule has 1 aliphatic rings. The van der Waals surface area contributed by atoms with Gasteiger partial charge in [-0.25, -0.2) is 0 Å². The first kappa shape index (κ1) is 10.8. The van der Waals surface area contributed by atoms with Crippen molar-refractivity contribution >= 4 is 11.7 Å². The lowest BCUT2D eigenvalue weighted by molar-refractivity contribution is -0.122. The van der Waals surface area contributed by atoms with E-state index in [-0.39, 0.29) is 23.7 Å². The number of carbonyl (C=O) groups is 1. The summed E-state index contributed by atoms with van der Waals surface area (Å²) in [7, 11) is 0. The van der Waals surface area contributed by atoms with Gasteiger partial charge in [0.05, 0.1) is 0 Å². The van der Waals surface area contributed by atoms with Gasteiger partial charge in [-0.15, -0.1) is 0 Å². The van der Waals surface area contributed by atoms with E-state index in [0.717, 1.165) is 19.3 Å². The third kappa shape index (κ3) is 3.24. The van der Waals surface area contributed by atoms with Crippen LogP contribution in [-0.4, -0.2) is 23.0 Å². The molecule has 80 valence electrons. The lowest BCUT2D eigenvalue weighted by atomic mass is 10.1. The first-order chi connectivity index (χ1) is 6.67. The van der Waals surface area contributed by atoms with Gasteiger partial charge in [0.15, 0.2) is 0 Å². The Labute approximate surface area is 83.3 Å². The van der Waals surface area contributed by atoms with Crippen molar-refractivity contribution in [1.82, 2.24) is 5.32 Å². The van der Waals surface area contributed by atoms with Gasteiger partial charge < -0.3 is 16.3 Å². The van der Waals surface area contributed by atoms with Gasteiger partial charge >= 0.3 is 0 Å². The van der Waals surface area contributed by atoms with E-state index in [1.54, 1.807) is 0 Å². The Morgan fingerprint density at radius 3 is 2.79 bits per heavy atom. The van der Waals surface area contributed by atoms with Crippen LogP contribution in [0.5, 0.6) is 0 Å². The van der Waals surface area contributed by atoms with E-state index >= 15 is 0 Å². The SMILES string of the molecule is CCC(CC(N)=NO)NC(=O)C1CC1. The highest BCUT2D eigenvalue weighted by Gasteiger charge is 2.30. The van der Waals surface area contributed by atoms with Gasteiger partial charge in [0.25, 0.3) is 0 Å². The second-order valence-electron chi connectivity index (χ2n) is 3.68. The quantitative estimate of drug-likeness (QED) is 0.259. The highest BCUT2D eigenvalue weighted by atomic mass is 16.4. The standard InChI is InChI=1S/C9H17N3O2/c1-2-7(5-8(10)12-14)11-9(13)6-3-4-6/h6-7,14H,2-5H2,1H3,(H2,10,12)(H,11,13). The topological polar surface area (TPSA) is 87.7 Å². The minimum atomic E-state index is -0.0148. The zero-order chi connectivity index (χ0) is 10.6. The highest BCUT2D eigenvalue weighted by Crippen LogP contribution is 2.29. The number of hydrogen-bond donors (Lipinski definition) is 3. The van der Waals surface area contributed by atoms with Crippen LogP contribution >= 0.6 is 0 Å². The summed E-state index contributed by atoms with van der Waals surface area (Å²) in [5.74, 6) is 0.465. The predicted molar refractivity (Wildman–Crippen MR) is 53.0 cm³/mol. The Morgan fingerprint density at radius 1 is 1.71 bits per heavy atom. The van der Waals surface area contributed by atoms with Crippen LogP contribution in [0, 0.1) is 5.92 Å². The van der Waals surface area contributed by atoms with Crippen LogP contribution in [0.4, 0.5) is 0 Å². The molecule has 5 heteroatoms. The Bertz CT molecular complexity index is 236. The number of carbonyl (C=O) groups excluding carboxylic acids is 1. The van der Waals surface area contributed by atoms with Gasteiger partial charge in [-0.1, -0.05) is 12.1 Å². The summed E-state index contributed by atoms with van der Waals surface area (Å²) in [5, 5.41) is 14.2. The van der Waals surface area contributed by atoms with Gasteiger partial charge in [-0.3, -0.25) is 4.79 Å². The van der Waals surface area contributed by atoms with Gasteiger partial charge in [-0.05, 0) is 19.3 Å². The average molecular weight is 199 g/mol. The molecule has 0 aromatic heterocycles. The predicted octanol–water partition coefficient (Wildman–Crippen LogP) is 0.428. The molecule has 1 atom stereocenters. The molecule has 1 saturated carbocycles. The van der Waals surface area contributed by atoms with Crippen LogP contribution in [0.3, 0.4) is 0 Å². The molecular weight excluding hydrogens is 182 g/mol. The molecule has 1 fully saturated rings. The maximum absolute atomic E-state index is 11.4. The van der Waals surface area contributed by atoms with E-state index in [4.69, 9.17) is 10.9 Å². The van der Waals surface area contributed by atoms with Crippen LogP contribution in [0.2, 0.25) is 0 Å². The van der Waals surface area contributed by atoms with Gasteiger partial charge in [-0.2, -0.15) is 0 Å². The van der Waals surface area contributed by atoms with E-state index in [9.17, 15) is 4.79 Å². The average Bonchev–Trinajstić information content (AvgIpc) is 2.99. The van der Waals surface area contributed by atoms with Crippen molar-refractivity contribution in [2.75, 3.05) is 0 Å². The van der Waals surface area contributed by atoms with Crippen LogP contribution < -0.4 is 11.1 Å². The Morgan fingerprint density at radius 2 is 2.36 bits per heavy atom. The molecule has 1 amide bonds. The van der Waals surface area contributed by atoms with E-state index in [1.807, 2.05) is 6.92 Å². The summed E-state index contributed by atoms with van der Waals surface area (Å²) in [6.45, 7) is 1.96. The smallest absolute Gasteiger partial charge is 0.223 e. The fraction of sp³-hybridized carbons (Fsp3) is 0.778. The van der Waals surface area contributed by atoms with Crippen molar-refractivity contribution < 1.29 is 10.0 Å². The fourth-order valence-electron chi connectivity index (χ4n) is 1.26. The molecule has 0 heterocycles. The third-order valence-corrected chi connectivity index (χ3v) is 2.37. The summed E-state index contributed by atoms with van der Waals surface area (Å²) in [6.07, 6.45) is 3.18. The van der Waals surface area contributed by atoms with Crippen molar-refractivity contribution in [3.05, 3.63) is 0 Å². The van der Waals surface area contributed by atoms with Crippen LogP contribution in [0.1, 0.15) is 32.6 Å². The van der Waals surface area contributed by atoms with Gasteiger partial charge in [0, 0.05) is 18.4 Å². The van der Waals surface area contributed by atoms with E-state index in [1.165, 1.54) is 0 Å². The molecule has 0 bridgehead atoms. The number of amides is 1. The molecular formula is C9H17N3O2. The number of hydrogen-bond acceptors (Lipinski definition) is 3. The molecule has 0 aromatic carbocycles. The number of nitrogens with two attached hydrogens (primary N) is 1. The third-order valence-electron chi connectivity index (χ3n) is 2.37. The van der Waals surface area contributed by atoms with Crippen molar-refractivity contribution in [3.8, 4) is 0 Å². The maximum atomic E-state index is 11.4. The largest absolute Gasteiger partial charge is 0.409 e. The first-order valence-corrected chi connectivity index (χ1v) is 4.94. The van der Waals surface area contributed by atoms with Crippen molar-refractivity contribution in [3.63, 3.8) is 0 Å². The van der Waals surface area contributed by atoms with Crippen LogP contribution in [-0.2, 0) is 4.79 Å². The van der Waals surface area contributed by atoms with Crippen LogP contribution in [0.25, 0.3) is 0 Å². The molecule has 0 aliphatic heterocycles. The maximum Gasteiger partial charge on any atom is 0.223 e. The summed E-state index contributed by atoms with van der Waals surface area (Å²) < 4.78 is 0. The zero-order valence-electron chi connectivity index (χ0n) is 8.36. The molecule has 1 aliphatic carbocycles. The summed E-state index contributed by atoms with van der Waals surface area (Å²) in [6, 6.07) is -0.0148. The van der Waals surface area contributed by atoms with Crippen molar-refractivity contribution in [2.24, 2.45) is 16.8 Å². The summed E-state index contributed by atoms with van der Waals surface area (Å²) in [4.78, 5) is 11.4. The Kier molecular flexibility index (Phi) is 3.73. The van der Waals surface area contributed by atoms with Gasteiger partial charge in [0.1, 0.15) is 5.84 Å². The molecule has 4 N–H and O–H groups in total. The normalized spacial score (nSPS) is 19.1. The molecule has 0 saturated heterocycles. The van der Waals surface area contributed by atoms with Crippen LogP contribution in [0.15, 0.2) is 5.16 Å². The molecule has 0 spiro atoms. The highest BCUT2D eigenvalue weighted by molar-refractivity contribution is 5.83. The molecule has 1 unspecified atom stereocenters. The second kappa shape index (κ2) is 4.83. The Hall–Kier alpha value is -1.26. The first-order valence-electron chi connectivity index (χ1n) is 4.94. The van der Waals surface area contributed by atoms with E-state index in [2.05, 4.69) is 10.5 Å². The lowest BCUT2D eigenvalue weighted by Gasteiger charge is -2.15. The number of nitrogens with one attached hydrogen (secondary N) is 1. The number of nitrogens with zero attached hydrogens (tertiary/aromatic N) is 1. The monoisotopic (exact) mass is 199 g/mol. The molecule has 0 aromatic rings. The number of oxime groups is 1. The molecule has 1 rings (SSSR count). The minimum Gasteiger partial charge on any atom is -0.409 e. The summed E-state index contributed by atoms with van der Waals surface area (Å²) >= 11 is 0. The molecule has 0 radical (unpaired) electrons. The minimum absolute atomic E-state index is 0.0148. The number of rotatable bonds is 5. The Balaban J connectivity index is 2.33. The van der Waals surface area contributed by atoms with Crippen molar-refractivity contribution in [2.45, 2.75) is 38.6 Å². The van der Waals surface area contributed by atoms with Crippen molar-refractivity contribution in [1.29, 1.82) is 0 Å². The number of amidine groups is 1. The second-order valence-corrected chi connectivity index (χ2v) is 3.68. The lowest BCUT2D eigenvalue weighted by Crippen LogP contribution is -2.38. The van der Waals surface area contributed by atoms with E-state index in [0.29, 0.717) is 6.42 Å². The molecule has 5 nitrogen and oxygen atoms in total. The van der Waals surface area contributed by atoms with Gasteiger partial charge in [0.2, 0.25) is 5.91 Å². The molecule has 14 heavy (non-hydrogen) atoms.